The number of hydrogen-bond donors (Lipinski definition) is 0. The molecule has 12 heteroatoms. The van der Waals surface area contributed by atoms with Crippen LogP contribution in [-0.2, 0) is 12.7 Å². The minimum Gasteiger partial charge on any atom is -0.432 e. The predicted octanol–water partition coefficient (Wildman–Crippen LogP) is 7.34. The van der Waals surface area contributed by atoms with Gasteiger partial charge in [0, 0.05) is 38.7 Å². The quantitative estimate of drug-likeness (QED) is 0.214. The Morgan fingerprint density at radius 1 is 1.00 bits per heavy atom. The van der Waals surface area contributed by atoms with Gasteiger partial charge in [0.25, 0.3) is 11.7 Å². The molecular weight excluding hydrogens is 540 g/mol. The number of hydrogen-bond acceptors (Lipinski definition) is 5. The third kappa shape index (κ3) is 4.45. The summed E-state index contributed by atoms with van der Waals surface area (Å²) >= 11 is 18.3. The fourth-order valence-corrected chi connectivity index (χ4v) is 4.52. The summed E-state index contributed by atoms with van der Waals surface area (Å²) in [5, 5.41) is 0.664. The summed E-state index contributed by atoms with van der Waals surface area (Å²) < 4.78 is 50.1. The molecule has 3 heterocycles. The molecule has 182 valence electrons. The SMILES string of the molecule is O=C(c1ncc(-c2ccncn2)o1)c1c(C(F)(F)F)n(Cc2ccc(Cl)cc2Cl)c2ccc(Cl)cc12. The maximum absolute atomic E-state index is 14.5. The molecule has 0 spiro atoms. The third-order valence-corrected chi connectivity index (χ3v) is 6.22. The Kier molecular flexibility index (Phi) is 6.23. The van der Waals surface area contributed by atoms with Crippen LogP contribution in [-0.4, -0.2) is 25.3 Å². The highest BCUT2D eigenvalue weighted by molar-refractivity contribution is 6.35. The van der Waals surface area contributed by atoms with E-state index in [-0.39, 0.29) is 33.3 Å². The molecule has 0 saturated carbocycles. The number of alkyl halides is 3. The molecule has 0 amide bonds. The average molecular weight is 552 g/mol. The van der Waals surface area contributed by atoms with Crippen LogP contribution in [0.1, 0.15) is 27.5 Å². The highest BCUT2D eigenvalue weighted by Crippen LogP contribution is 2.41. The first-order valence-corrected chi connectivity index (χ1v) is 11.4. The van der Waals surface area contributed by atoms with Crippen LogP contribution in [0.3, 0.4) is 0 Å². The number of rotatable bonds is 5. The van der Waals surface area contributed by atoms with Gasteiger partial charge in [0.1, 0.15) is 17.7 Å². The van der Waals surface area contributed by atoms with E-state index in [2.05, 4.69) is 15.0 Å². The topological polar surface area (TPSA) is 73.8 Å². The Labute approximate surface area is 216 Å². The molecule has 0 unspecified atom stereocenters. The van der Waals surface area contributed by atoms with Crippen LogP contribution in [0, 0.1) is 0 Å². The maximum atomic E-state index is 14.5. The summed E-state index contributed by atoms with van der Waals surface area (Å²) in [6.07, 6.45) is -0.996. The molecule has 36 heavy (non-hydrogen) atoms. The molecule has 0 radical (unpaired) electrons. The van der Waals surface area contributed by atoms with Crippen molar-refractivity contribution in [2.75, 3.05) is 0 Å². The molecule has 5 aromatic rings. The van der Waals surface area contributed by atoms with Gasteiger partial charge < -0.3 is 8.98 Å². The fraction of sp³-hybridized carbons (Fsp3) is 0.0833. The van der Waals surface area contributed by atoms with Crippen molar-refractivity contribution in [2.45, 2.75) is 12.7 Å². The zero-order valence-corrected chi connectivity index (χ0v) is 20.1. The van der Waals surface area contributed by atoms with Gasteiger partial charge in [-0.3, -0.25) is 4.79 Å². The summed E-state index contributed by atoms with van der Waals surface area (Å²) in [6.45, 7) is -0.284. The number of oxazole rings is 1. The number of benzene rings is 2. The normalized spacial score (nSPS) is 11.8. The lowest BCUT2D eigenvalue weighted by Crippen LogP contribution is -2.19. The summed E-state index contributed by atoms with van der Waals surface area (Å²) in [5.74, 6) is -1.49. The lowest BCUT2D eigenvalue weighted by molar-refractivity contribution is -0.143. The molecule has 5 rings (SSSR count). The summed E-state index contributed by atoms with van der Waals surface area (Å²) in [6, 6.07) is 10.1. The van der Waals surface area contributed by atoms with E-state index in [0.717, 1.165) is 4.57 Å². The standard InChI is InChI=1S/C24H12Cl3F3N4O2/c25-13-3-4-18-15(7-13)20(21(35)23-32-9-19(36-23)17-5-6-31-11-33-17)22(24(28,29)30)34(18)10-12-1-2-14(26)8-16(12)27/h1-9,11H,10H2. The van der Waals surface area contributed by atoms with E-state index in [1.54, 1.807) is 0 Å². The molecule has 0 aliphatic rings. The smallest absolute Gasteiger partial charge is 0.432 e. The summed E-state index contributed by atoms with van der Waals surface area (Å²) in [7, 11) is 0. The molecule has 0 fully saturated rings. The first-order valence-electron chi connectivity index (χ1n) is 10.2. The maximum Gasteiger partial charge on any atom is 0.432 e. The van der Waals surface area contributed by atoms with Crippen LogP contribution in [0.4, 0.5) is 13.2 Å². The lowest BCUT2D eigenvalue weighted by Gasteiger charge is -2.15. The second-order valence-corrected chi connectivity index (χ2v) is 8.94. The van der Waals surface area contributed by atoms with E-state index in [0.29, 0.717) is 16.3 Å². The summed E-state index contributed by atoms with van der Waals surface area (Å²) in [4.78, 5) is 25.2. The van der Waals surface area contributed by atoms with Gasteiger partial charge in [-0.05, 0) is 42.0 Å². The van der Waals surface area contributed by atoms with Gasteiger partial charge in [-0.15, -0.1) is 0 Å². The molecule has 6 nitrogen and oxygen atoms in total. The van der Waals surface area contributed by atoms with Crippen molar-refractivity contribution in [1.29, 1.82) is 0 Å². The molecule has 3 aromatic heterocycles. The minimum atomic E-state index is -4.92. The molecule has 0 N–H and O–H groups in total. The largest absolute Gasteiger partial charge is 0.432 e. The molecule has 2 aromatic carbocycles. The van der Waals surface area contributed by atoms with Gasteiger partial charge in [0.05, 0.1) is 11.8 Å². The number of fused-ring (bicyclic) bond motifs is 1. The molecular formula is C24H12Cl3F3N4O2. The predicted molar refractivity (Wildman–Crippen MR) is 128 cm³/mol. The summed E-state index contributed by atoms with van der Waals surface area (Å²) in [5.41, 5.74) is -1.00. The number of halogens is 6. The van der Waals surface area contributed by atoms with Gasteiger partial charge in [-0.25, -0.2) is 15.0 Å². The van der Waals surface area contributed by atoms with Crippen molar-refractivity contribution in [3.05, 3.63) is 99.0 Å². The number of aromatic nitrogens is 4. The Morgan fingerprint density at radius 3 is 2.44 bits per heavy atom. The highest BCUT2D eigenvalue weighted by atomic mass is 35.5. The Morgan fingerprint density at radius 2 is 1.75 bits per heavy atom. The Balaban J connectivity index is 1.71. The van der Waals surface area contributed by atoms with Crippen LogP contribution in [0.15, 0.2) is 65.6 Å². The molecule has 0 aliphatic heterocycles. The van der Waals surface area contributed by atoms with Crippen molar-refractivity contribution < 1.29 is 22.4 Å². The Hall–Kier alpha value is -3.40. The van der Waals surface area contributed by atoms with Crippen LogP contribution >= 0.6 is 34.8 Å². The first-order chi connectivity index (χ1) is 17.1. The highest BCUT2D eigenvalue weighted by Gasteiger charge is 2.42. The number of ketones is 1. The lowest BCUT2D eigenvalue weighted by atomic mass is 10.1. The zero-order valence-electron chi connectivity index (χ0n) is 17.9. The third-order valence-electron chi connectivity index (χ3n) is 5.40. The van der Waals surface area contributed by atoms with E-state index >= 15 is 0 Å². The van der Waals surface area contributed by atoms with Crippen LogP contribution in [0.25, 0.3) is 22.4 Å². The molecule has 0 bridgehead atoms. The van der Waals surface area contributed by atoms with E-state index in [4.69, 9.17) is 39.2 Å². The van der Waals surface area contributed by atoms with E-state index in [9.17, 15) is 18.0 Å². The van der Waals surface area contributed by atoms with Gasteiger partial charge in [0.2, 0.25) is 0 Å². The monoisotopic (exact) mass is 550 g/mol. The Bertz CT molecular complexity index is 1610. The molecule has 0 aliphatic carbocycles. The molecule has 0 saturated heterocycles. The minimum absolute atomic E-state index is 0.00769. The van der Waals surface area contributed by atoms with Gasteiger partial charge in [0.15, 0.2) is 5.76 Å². The van der Waals surface area contributed by atoms with Crippen molar-refractivity contribution in [3.8, 4) is 11.5 Å². The van der Waals surface area contributed by atoms with Crippen molar-refractivity contribution in [2.24, 2.45) is 0 Å². The van der Waals surface area contributed by atoms with E-state index < -0.39 is 29.1 Å². The number of carbonyl (C=O) groups is 1. The number of nitrogens with zero attached hydrogens (tertiary/aromatic N) is 4. The van der Waals surface area contributed by atoms with Crippen LogP contribution in [0.2, 0.25) is 15.1 Å². The van der Waals surface area contributed by atoms with Crippen LogP contribution < -0.4 is 0 Å². The van der Waals surface area contributed by atoms with E-state index in [1.807, 2.05) is 0 Å². The zero-order chi connectivity index (χ0) is 25.6. The first kappa shape index (κ1) is 24.3. The molecule has 0 atom stereocenters. The number of carbonyl (C=O) groups excluding carboxylic acids is 1. The fourth-order valence-electron chi connectivity index (χ4n) is 3.88. The van der Waals surface area contributed by atoms with Crippen LogP contribution in [0.5, 0.6) is 0 Å². The van der Waals surface area contributed by atoms with Crippen molar-refractivity contribution in [1.82, 2.24) is 19.5 Å². The average Bonchev–Trinajstić information content (AvgIpc) is 3.44. The van der Waals surface area contributed by atoms with Crippen molar-refractivity contribution in [3.63, 3.8) is 0 Å². The second-order valence-electron chi connectivity index (χ2n) is 7.66. The van der Waals surface area contributed by atoms with E-state index in [1.165, 1.54) is 61.2 Å². The second kappa shape index (κ2) is 9.24. The van der Waals surface area contributed by atoms with Gasteiger partial charge in [-0.1, -0.05) is 40.9 Å². The van der Waals surface area contributed by atoms with Crippen molar-refractivity contribution >= 4 is 51.5 Å². The van der Waals surface area contributed by atoms with Gasteiger partial charge >= 0.3 is 6.18 Å². The van der Waals surface area contributed by atoms with Gasteiger partial charge in [-0.2, -0.15) is 13.2 Å².